The standard InChI is InChI=1S/C48H30N2S/c1-2-15-32(16-3-1)49-41-23-10-8-20-37(41)38-22-12-25-43(48(38)49)50(42-24-13-27-46-47(42)39-21-9-11-26-45(39)51-46)44-30-40-33-17-5-4-14-31(33)28-29-35(40)34-18-6-7-19-36(34)44/h1-30H. The van der Waals surface area contributed by atoms with Gasteiger partial charge in [0.1, 0.15) is 0 Å². The smallest absolute Gasteiger partial charge is 0.0782 e. The highest BCUT2D eigenvalue weighted by Gasteiger charge is 2.25. The van der Waals surface area contributed by atoms with Crippen molar-refractivity contribution in [1.82, 2.24) is 4.57 Å². The Balaban J connectivity index is 1.36. The lowest BCUT2D eigenvalue weighted by Crippen LogP contribution is -2.13. The SMILES string of the molecule is c1ccc(-n2c3ccccc3c3cccc(N(c4cc5c6ccccc6ccc5c5ccccc45)c4cccc5sc6ccccc6c45)c32)cc1. The third-order valence-electron chi connectivity index (χ3n) is 10.5. The Morgan fingerprint density at radius 2 is 1.00 bits per heavy atom. The van der Waals surface area contributed by atoms with Crippen molar-refractivity contribution in [3.63, 3.8) is 0 Å². The van der Waals surface area contributed by atoms with Crippen LogP contribution in [0.25, 0.3) is 80.0 Å². The van der Waals surface area contributed by atoms with E-state index < -0.39 is 0 Å². The largest absolute Gasteiger partial charge is 0.307 e. The summed E-state index contributed by atoms with van der Waals surface area (Å²) in [6.45, 7) is 0. The Morgan fingerprint density at radius 1 is 0.373 bits per heavy atom. The third-order valence-corrected chi connectivity index (χ3v) is 11.7. The maximum atomic E-state index is 2.56. The zero-order chi connectivity index (χ0) is 33.5. The van der Waals surface area contributed by atoms with Crippen LogP contribution in [0.1, 0.15) is 0 Å². The van der Waals surface area contributed by atoms with Crippen LogP contribution in [0.4, 0.5) is 17.1 Å². The fourth-order valence-corrected chi connectivity index (χ4v) is 9.51. The molecule has 2 heterocycles. The number of benzene rings is 9. The van der Waals surface area contributed by atoms with Gasteiger partial charge >= 0.3 is 0 Å². The van der Waals surface area contributed by atoms with Crippen LogP contribution in [-0.2, 0) is 0 Å². The summed E-state index contributed by atoms with van der Waals surface area (Å²) in [4.78, 5) is 2.56. The number of rotatable bonds is 4. The van der Waals surface area contributed by atoms with Crippen molar-refractivity contribution in [2.24, 2.45) is 0 Å². The third kappa shape index (κ3) is 4.16. The molecule has 0 fully saturated rings. The molecule has 0 unspecified atom stereocenters. The Hall–Kier alpha value is -6.42. The summed E-state index contributed by atoms with van der Waals surface area (Å²) in [6, 6.07) is 66.8. The van der Waals surface area contributed by atoms with E-state index in [0.29, 0.717) is 0 Å². The Bertz CT molecular complexity index is 3150. The number of hydrogen-bond acceptors (Lipinski definition) is 2. The zero-order valence-corrected chi connectivity index (χ0v) is 28.4. The van der Waals surface area contributed by atoms with E-state index in [2.05, 4.69) is 191 Å². The average molecular weight is 667 g/mol. The minimum absolute atomic E-state index is 1.14. The molecule has 0 N–H and O–H groups in total. The topological polar surface area (TPSA) is 8.17 Å². The van der Waals surface area contributed by atoms with Crippen LogP contribution in [-0.4, -0.2) is 4.57 Å². The highest BCUT2D eigenvalue weighted by molar-refractivity contribution is 7.26. The number of nitrogens with zero attached hydrogens (tertiary/aromatic N) is 2. The summed E-state index contributed by atoms with van der Waals surface area (Å²) in [5.41, 5.74) is 6.99. The molecule has 51 heavy (non-hydrogen) atoms. The van der Waals surface area contributed by atoms with E-state index in [9.17, 15) is 0 Å². The molecule has 0 spiro atoms. The van der Waals surface area contributed by atoms with E-state index in [-0.39, 0.29) is 0 Å². The predicted octanol–water partition coefficient (Wildman–Crippen LogP) is 14.1. The molecule has 0 aliphatic heterocycles. The van der Waals surface area contributed by atoms with Gasteiger partial charge in [0.05, 0.1) is 28.1 Å². The molecular formula is C48H30N2S. The van der Waals surface area contributed by atoms with Crippen LogP contribution in [0.2, 0.25) is 0 Å². The molecule has 0 atom stereocenters. The predicted molar refractivity (Wildman–Crippen MR) is 221 cm³/mol. The molecule has 238 valence electrons. The first-order valence-electron chi connectivity index (χ1n) is 17.4. The number of fused-ring (bicyclic) bond motifs is 11. The molecule has 2 nitrogen and oxygen atoms in total. The first-order valence-corrected chi connectivity index (χ1v) is 18.3. The minimum atomic E-state index is 1.14. The molecule has 0 aliphatic rings. The summed E-state index contributed by atoms with van der Waals surface area (Å²) in [5, 5.41) is 12.5. The van der Waals surface area contributed by atoms with E-state index in [1.807, 2.05) is 11.3 Å². The van der Waals surface area contributed by atoms with Crippen LogP contribution in [0.5, 0.6) is 0 Å². The lowest BCUT2D eigenvalue weighted by Gasteiger charge is -2.30. The monoisotopic (exact) mass is 666 g/mol. The summed E-state index contributed by atoms with van der Waals surface area (Å²) >= 11 is 1.87. The average Bonchev–Trinajstić information content (AvgIpc) is 3.75. The molecule has 0 saturated carbocycles. The molecule has 0 saturated heterocycles. The van der Waals surface area contributed by atoms with Gasteiger partial charge in [0, 0.05) is 42.0 Å². The van der Waals surface area contributed by atoms with Gasteiger partial charge in [0.15, 0.2) is 0 Å². The lowest BCUT2D eigenvalue weighted by atomic mass is 9.94. The van der Waals surface area contributed by atoms with E-state index >= 15 is 0 Å². The molecular weight excluding hydrogens is 637 g/mol. The van der Waals surface area contributed by atoms with Gasteiger partial charge in [-0.1, -0.05) is 133 Å². The van der Waals surface area contributed by atoms with E-state index in [0.717, 1.165) is 17.1 Å². The molecule has 2 aromatic heterocycles. The molecule has 9 aromatic carbocycles. The number of para-hydroxylation sites is 3. The highest BCUT2D eigenvalue weighted by Crippen LogP contribution is 2.50. The van der Waals surface area contributed by atoms with Gasteiger partial charge in [-0.15, -0.1) is 11.3 Å². The van der Waals surface area contributed by atoms with E-state index in [4.69, 9.17) is 0 Å². The van der Waals surface area contributed by atoms with Crippen molar-refractivity contribution in [3.05, 3.63) is 182 Å². The zero-order valence-electron chi connectivity index (χ0n) is 27.6. The van der Waals surface area contributed by atoms with Crippen molar-refractivity contribution < 1.29 is 0 Å². The fraction of sp³-hybridized carbons (Fsp3) is 0. The molecule has 3 heteroatoms. The van der Waals surface area contributed by atoms with Gasteiger partial charge in [-0.25, -0.2) is 0 Å². The van der Waals surface area contributed by atoms with Gasteiger partial charge < -0.3 is 9.47 Å². The van der Waals surface area contributed by atoms with E-state index in [1.54, 1.807) is 0 Å². The lowest BCUT2D eigenvalue weighted by molar-refractivity contribution is 1.17. The fourth-order valence-electron chi connectivity index (χ4n) is 8.38. The first-order chi connectivity index (χ1) is 25.3. The van der Waals surface area contributed by atoms with Crippen LogP contribution >= 0.6 is 11.3 Å². The van der Waals surface area contributed by atoms with Gasteiger partial charge in [0.2, 0.25) is 0 Å². The van der Waals surface area contributed by atoms with Crippen LogP contribution < -0.4 is 4.90 Å². The molecule has 0 aliphatic carbocycles. The second kappa shape index (κ2) is 11.0. The van der Waals surface area contributed by atoms with Gasteiger partial charge in [0.25, 0.3) is 0 Å². The minimum Gasteiger partial charge on any atom is -0.307 e. The molecule has 0 bridgehead atoms. The van der Waals surface area contributed by atoms with Crippen molar-refractivity contribution in [1.29, 1.82) is 0 Å². The maximum absolute atomic E-state index is 2.56. The Labute approximate surface area is 298 Å². The van der Waals surface area contributed by atoms with Crippen molar-refractivity contribution in [2.45, 2.75) is 0 Å². The number of thiophene rings is 1. The van der Waals surface area contributed by atoms with E-state index in [1.165, 1.54) is 80.0 Å². The number of anilines is 3. The Kier molecular flexibility index (Phi) is 6.16. The van der Waals surface area contributed by atoms with Crippen molar-refractivity contribution >= 4 is 103 Å². The normalized spacial score (nSPS) is 11.9. The quantitative estimate of drug-likeness (QED) is 0.170. The summed E-state index contributed by atoms with van der Waals surface area (Å²) in [6.07, 6.45) is 0. The number of aromatic nitrogens is 1. The van der Waals surface area contributed by atoms with Crippen LogP contribution in [0.15, 0.2) is 182 Å². The first kappa shape index (κ1) is 28.4. The van der Waals surface area contributed by atoms with Crippen molar-refractivity contribution in [2.75, 3.05) is 4.90 Å². The second-order valence-electron chi connectivity index (χ2n) is 13.3. The van der Waals surface area contributed by atoms with Crippen molar-refractivity contribution in [3.8, 4) is 5.69 Å². The summed E-state index contributed by atoms with van der Waals surface area (Å²) in [5.74, 6) is 0. The van der Waals surface area contributed by atoms with Gasteiger partial charge in [-0.05, 0) is 75.5 Å². The summed E-state index contributed by atoms with van der Waals surface area (Å²) in [7, 11) is 0. The molecule has 0 amide bonds. The Morgan fingerprint density at radius 3 is 1.88 bits per heavy atom. The molecule has 11 rings (SSSR count). The van der Waals surface area contributed by atoms with Gasteiger partial charge in [-0.2, -0.15) is 0 Å². The van der Waals surface area contributed by atoms with Crippen LogP contribution in [0.3, 0.4) is 0 Å². The molecule has 11 aromatic rings. The number of hydrogen-bond donors (Lipinski definition) is 0. The second-order valence-corrected chi connectivity index (χ2v) is 14.4. The van der Waals surface area contributed by atoms with Crippen LogP contribution in [0, 0.1) is 0 Å². The highest BCUT2D eigenvalue weighted by atomic mass is 32.1. The van der Waals surface area contributed by atoms with Gasteiger partial charge in [-0.3, -0.25) is 0 Å². The molecule has 0 radical (unpaired) electrons. The summed E-state index contributed by atoms with van der Waals surface area (Å²) < 4.78 is 5.04. The maximum Gasteiger partial charge on any atom is 0.0782 e.